The fourth-order valence-corrected chi connectivity index (χ4v) is 3.42. The smallest absolute Gasteiger partial charge is 0.375 e. The molecule has 166 valence electrons. The van der Waals surface area contributed by atoms with Gasteiger partial charge in [0.1, 0.15) is 16.9 Å². The Morgan fingerprint density at radius 2 is 2.17 bits per heavy atom. The lowest BCUT2D eigenvalue weighted by Gasteiger charge is -2.21. The lowest BCUT2D eigenvalue weighted by molar-refractivity contribution is -0.137. The van der Waals surface area contributed by atoms with E-state index in [1.807, 2.05) is 31.2 Å². The van der Waals surface area contributed by atoms with Gasteiger partial charge in [-0.05, 0) is 26.0 Å². The van der Waals surface area contributed by atoms with E-state index in [4.69, 9.17) is 4.74 Å². The summed E-state index contributed by atoms with van der Waals surface area (Å²) in [7, 11) is 3.53. The van der Waals surface area contributed by atoms with Gasteiger partial charge in [-0.1, -0.05) is 0 Å². The molecular weight excluding hydrogens is 417 g/mol. The highest BCUT2D eigenvalue weighted by atomic mass is 32.1. The lowest BCUT2D eigenvalue weighted by Crippen LogP contribution is -2.38. The average molecular weight is 445 g/mol. The van der Waals surface area contributed by atoms with Crippen LogP contribution in [0.3, 0.4) is 0 Å². The molecule has 11 heteroatoms. The Morgan fingerprint density at radius 1 is 1.40 bits per heavy atom. The maximum Gasteiger partial charge on any atom is 0.419 e. The maximum absolute atomic E-state index is 13.0. The standard InChI is InChI=1S/C19H27F3N6OS/c1-5-23-18(28(3)11-14-12-30-17(27-14)13(2)29-4)26-10-9-25-16-15(19(20,21)22)7-6-8-24-16/h6-8,12-13H,5,9-11H2,1-4H3,(H,23,26)(H,24,25). The van der Waals surface area contributed by atoms with Crippen LogP contribution in [0.5, 0.6) is 0 Å². The predicted octanol–water partition coefficient (Wildman–Crippen LogP) is 3.77. The summed E-state index contributed by atoms with van der Waals surface area (Å²) in [5.74, 6) is 0.450. The summed E-state index contributed by atoms with van der Waals surface area (Å²) < 4.78 is 44.4. The molecule has 0 spiro atoms. The van der Waals surface area contributed by atoms with Crippen LogP contribution in [0.4, 0.5) is 19.0 Å². The second-order valence-electron chi connectivity index (χ2n) is 6.47. The number of aromatic nitrogens is 2. The van der Waals surface area contributed by atoms with Crippen LogP contribution in [0, 0.1) is 0 Å². The fourth-order valence-electron chi connectivity index (χ4n) is 2.58. The van der Waals surface area contributed by atoms with Crippen molar-refractivity contribution in [2.75, 3.05) is 39.1 Å². The number of rotatable bonds is 9. The normalized spacial score (nSPS) is 13.2. The first-order valence-corrected chi connectivity index (χ1v) is 10.4. The van der Waals surface area contributed by atoms with Gasteiger partial charge in [0.2, 0.25) is 0 Å². The number of anilines is 1. The van der Waals surface area contributed by atoms with Crippen LogP contribution in [-0.4, -0.2) is 54.6 Å². The average Bonchev–Trinajstić information content (AvgIpc) is 3.17. The molecule has 0 fully saturated rings. The van der Waals surface area contributed by atoms with Crippen molar-refractivity contribution >= 4 is 23.1 Å². The van der Waals surface area contributed by atoms with E-state index < -0.39 is 11.7 Å². The van der Waals surface area contributed by atoms with E-state index in [1.165, 1.54) is 23.6 Å². The summed E-state index contributed by atoms with van der Waals surface area (Å²) >= 11 is 1.54. The van der Waals surface area contributed by atoms with Gasteiger partial charge in [-0.3, -0.25) is 4.99 Å². The van der Waals surface area contributed by atoms with Crippen molar-refractivity contribution in [2.45, 2.75) is 32.7 Å². The molecule has 0 amide bonds. The van der Waals surface area contributed by atoms with Crippen LogP contribution in [-0.2, 0) is 17.5 Å². The molecule has 0 saturated heterocycles. The topological polar surface area (TPSA) is 74.7 Å². The van der Waals surface area contributed by atoms with Crippen molar-refractivity contribution in [3.05, 3.63) is 40.0 Å². The number of aliphatic imine (C=N–C) groups is 1. The molecule has 30 heavy (non-hydrogen) atoms. The molecule has 2 aromatic rings. The molecule has 1 unspecified atom stereocenters. The van der Waals surface area contributed by atoms with Crippen molar-refractivity contribution in [1.82, 2.24) is 20.2 Å². The van der Waals surface area contributed by atoms with E-state index in [1.54, 1.807) is 7.11 Å². The third kappa shape index (κ3) is 6.84. The van der Waals surface area contributed by atoms with E-state index in [9.17, 15) is 13.2 Å². The SMILES string of the molecule is CCNC(=NCCNc1ncccc1C(F)(F)F)N(C)Cc1csc(C(C)OC)n1. The Balaban J connectivity index is 1.97. The van der Waals surface area contributed by atoms with Crippen molar-refractivity contribution < 1.29 is 17.9 Å². The number of guanidine groups is 1. The molecule has 7 nitrogen and oxygen atoms in total. The van der Waals surface area contributed by atoms with Gasteiger partial charge in [0.25, 0.3) is 0 Å². The number of pyridine rings is 1. The summed E-state index contributed by atoms with van der Waals surface area (Å²) in [6.45, 7) is 5.60. The second-order valence-corrected chi connectivity index (χ2v) is 7.36. The summed E-state index contributed by atoms with van der Waals surface area (Å²) in [6, 6.07) is 2.27. The number of ether oxygens (including phenoxy) is 1. The van der Waals surface area contributed by atoms with Gasteiger partial charge in [0.05, 0.1) is 24.3 Å². The number of methoxy groups -OCH3 is 1. The van der Waals surface area contributed by atoms with Gasteiger partial charge in [0, 0.05) is 38.8 Å². The molecule has 2 N–H and O–H groups in total. The molecule has 2 rings (SSSR count). The van der Waals surface area contributed by atoms with E-state index in [0.29, 0.717) is 19.0 Å². The van der Waals surface area contributed by atoms with E-state index in [0.717, 1.165) is 16.8 Å². The molecule has 1 atom stereocenters. The quantitative estimate of drug-likeness (QED) is 0.348. The lowest BCUT2D eigenvalue weighted by atomic mass is 10.2. The Bertz CT molecular complexity index is 827. The zero-order valence-electron chi connectivity index (χ0n) is 17.5. The predicted molar refractivity (Wildman–Crippen MR) is 113 cm³/mol. The van der Waals surface area contributed by atoms with Crippen LogP contribution in [0.15, 0.2) is 28.7 Å². The number of nitrogens with zero attached hydrogens (tertiary/aromatic N) is 4. The number of nitrogens with one attached hydrogen (secondary N) is 2. The molecule has 0 saturated carbocycles. The third-order valence-electron chi connectivity index (χ3n) is 4.15. The largest absolute Gasteiger partial charge is 0.419 e. The Labute approximate surface area is 178 Å². The number of hydrogen-bond donors (Lipinski definition) is 2. The number of halogens is 3. The highest BCUT2D eigenvalue weighted by molar-refractivity contribution is 7.09. The summed E-state index contributed by atoms with van der Waals surface area (Å²) in [5.41, 5.74) is 0.107. The van der Waals surface area contributed by atoms with E-state index in [2.05, 4.69) is 25.6 Å². The Morgan fingerprint density at radius 3 is 2.83 bits per heavy atom. The van der Waals surface area contributed by atoms with Crippen molar-refractivity contribution in [3.63, 3.8) is 0 Å². The Kier molecular flexibility index (Phi) is 8.85. The zero-order valence-corrected chi connectivity index (χ0v) is 18.3. The van der Waals surface area contributed by atoms with E-state index in [-0.39, 0.29) is 25.0 Å². The van der Waals surface area contributed by atoms with Gasteiger partial charge in [-0.15, -0.1) is 11.3 Å². The minimum Gasteiger partial charge on any atom is -0.375 e. The number of hydrogen-bond acceptors (Lipinski definition) is 6. The summed E-state index contributed by atoms with van der Waals surface area (Å²) in [4.78, 5) is 14.8. The molecule has 0 bridgehead atoms. The van der Waals surface area contributed by atoms with Crippen LogP contribution < -0.4 is 10.6 Å². The number of alkyl halides is 3. The third-order valence-corrected chi connectivity index (χ3v) is 5.20. The monoisotopic (exact) mass is 444 g/mol. The van der Waals surface area contributed by atoms with Gasteiger partial charge in [-0.25, -0.2) is 9.97 Å². The fraction of sp³-hybridized carbons (Fsp3) is 0.526. The van der Waals surface area contributed by atoms with Gasteiger partial charge >= 0.3 is 6.18 Å². The molecule has 0 aliphatic carbocycles. The number of thiazole rings is 1. The second kappa shape index (κ2) is 11.1. The van der Waals surface area contributed by atoms with Gasteiger partial charge < -0.3 is 20.3 Å². The van der Waals surface area contributed by atoms with E-state index >= 15 is 0 Å². The minimum atomic E-state index is -4.46. The highest BCUT2D eigenvalue weighted by Crippen LogP contribution is 2.33. The van der Waals surface area contributed by atoms with Crippen LogP contribution in [0.1, 0.15) is 36.2 Å². The van der Waals surface area contributed by atoms with Gasteiger partial charge in [0.15, 0.2) is 5.96 Å². The minimum absolute atomic E-state index is 0.0600. The maximum atomic E-state index is 13.0. The molecule has 0 aliphatic heterocycles. The molecule has 2 aromatic heterocycles. The van der Waals surface area contributed by atoms with Gasteiger partial charge in [-0.2, -0.15) is 13.2 Å². The molecule has 0 aromatic carbocycles. The summed E-state index contributed by atoms with van der Waals surface area (Å²) in [5, 5.41) is 8.78. The molecule has 0 aliphatic rings. The van der Waals surface area contributed by atoms with Crippen molar-refractivity contribution in [3.8, 4) is 0 Å². The van der Waals surface area contributed by atoms with Crippen LogP contribution in [0.2, 0.25) is 0 Å². The Hall–Kier alpha value is -2.40. The first-order chi connectivity index (χ1) is 14.3. The molecule has 2 heterocycles. The van der Waals surface area contributed by atoms with Crippen molar-refractivity contribution in [1.29, 1.82) is 0 Å². The molecule has 0 radical (unpaired) electrons. The van der Waals surface area contributed by atoms with Crippen LogP contribution >= 0.6 is 11.3 Å². The van der Waals surface area contributed by atoms with Crippen LogP contribution in [0.25, 0.3) is 0 Å². The van der Waals surface area contributed by atoms with Crippen molar-refractivity contribution in [2.24, 2.45) is 4.99 Å². The highest BCUT2D eigenvalue weighted by Gasteiger charge is 2.33. The first kappa shape index (κ1) is 23.9. The molecular formula is C19H27F3N6OS. The first-order valence-electron chi connectivity index (χ1n) is 9.48. The summed E-state index contributed by atoms with van der Waals surface area (Å²) in [6.07, 6.45) is -3.19. The zero-order chi connectivity index (χ0) is 22.1.